The zero-order valence-electron chi connectivity index (χ0n) is 13.7. The van der Waals surface area contributed by atoms with Gasteiger partial charge >= 0.3 is 0 Å². The summed E-state index contributed by atoms with van der Waals surface area (Å²) in [5.41, 5.74) is 0.750. The lowest BCUT2D eigenvalue weighted by Gasteiger charge is -2.21. The highest BCUT2D eigenvalue weighted by atomic mass is 16.5. The third kappa shape index (κ3) is 4.93. The van der Waals surface area contributed by atoms with Crippen LogP contribution in [0.5, 0.6) is 11.5 Å². The molecule has 0 saturated heterocycles. The molecule has 0 bridgehead atoms. The van der Waals surface area contributed by atoms with Gasteiger partial charge in [0.15, 0.2) is 11.5 Å². The molecule has 4 nitrogen and oxygen atoms in total. The normalized spacial score (nSPS) is 15.4. The summed E-state index contributed by atoms with van der Waals surface area (Å²) in [6, 6.07) is 5.43. The molecule has 1 saturated carbocycles. The number of amides is 1. The summed E-state index contributed by atoms with van der Waals surface area (Å²) < 4.78 is 10.4. The Labute approximate surface area is 133 Å². The van der Waals surface area contributed by atoms with E-state index in [2.05, 4.69) is 5.32 Å². The Bertz CT molecular complexity index is 481. The van der Waals surface area contributed by atoms with Gasteiger partial charge in [0.05, 0.1) is 14.2 Å². The number of anilines is 1. The maximum Gasteiger partial charge on any atom is 0.224 e. The molecule has 1 aliphatic carbocycles. The van der Waals surface area contributed by atoms with E-state index >= 15 is 0 Å². The van der Waals surface area contributed by atoms with Gasteiger partial charge in [-0.15, -0.1) is 0 Å². The van der Waals surface area contributed by atoms with Crippen molar-refractivity contribution in [1.29, 1.82) is 0 Å². The molecule has 0 spiro atoms. The van der Waals surface area contributed by atoms with E-state index in [1.165, 1.54) is 38.5 Å². The predicted molar refractivity (Wildman–Crippen MR) is 88.6 cm³/mol. The molecular formula is C18H27NO3. The van der Waals surface area contributed by atoms with Crippen LogP contribution in [0.1, 0.15) is 51.4 Å². The van der Waals surface area contributed by atoms with Gasteiger partial charge in [-0.2, -0.15) is 0 Å². The minimum atomic E-state index is 0.0722. The minimum absolute atomic E-state index is 0.0722. The third-order valence-corrected chi connectivity index (χ3v) is 4.41. The van der Waals surface area contributed by atoms with Gasteiger partial charge in [-0.25, -0.2) is 0 Å². The molecule has 1 fully saturated rings. The summed E-state index contributed by atoms with van der Waals surface area (Å²) in [5, 5.41) is 2.93. The molecule has 4 heteroatoms. The Kier molecular flexibility index (Phi) is 6.56. The molecule has 0 atom stereocenters. The van der Waals surface area contributed by atoms with Gasteiger partial charge in [-0.1, -0.05) is 32.1 Å². The lowest BCUT2D eigenvalue weighted by molar-refractivity contribution is -0.116. The Morgan fingerprint density at radius 1 is 1.14 bits per heavy atom. The first-order valence-electron chi connectivity index (χ1n) is 8.25. The molecule has 0 aliphatic heterocycles. The second-order valence-corrected chi connectivity index (χ2v) is 6.01. The fourth-order valence-electron chi connectivity index (χ4n) is 3.16. The molecule has 122 valence electrons. The van der Waals surface area contributed by atoms with Crippen molar-refractivity contribution in [3.8, 4) is 11.5 Å². The highest BCUT2D eigenvalue weighted by Gasteiger charge is 2.14. The zero-order valence-corrected chi connectivity index (χ0v) is 13.7. The molecule has 0 aromatic heterocycles. The summed E-state index contributed by atoms with van der Waals surface area (Å²) in [7, 11) is 3.19. The van der Waals surface area contributed by atoms with Crippen molar-refractivity contribution in [2.75, 3.05) is 19.5 Å². The third-order valence-electron chi connectivity index (χ3n) is 4.41. The minimum Gasteiger partial charge on any atom is -0.493 e. The molecular weight excluding hydrogens is 278 g/mol. The van der Waals surface area contributed by atoms with Crippen LogP contribution in [0.25, 0.3) is 0 Å². The lowest BCUT2D eigenvalue weighted by Crippen LogP contribution is -2.13. The van der Waals surface area contributed by atoms with Crippen molar-refractivity contribution < 1.29 is 14.3 Å². The van der Waals surface area contributed by atoms with Crippen molar-refractivity contribution in [1.82, 2.24) is 0 Å². The van der Waals surface area contributed by atoms with Crippen LogP contribution < -0.4 is 14.8 Å². The van der Waals surface area contributed by atoms with Gasteiger partial charge in [0, 0.05) is 18.2 Å². The standard InChI is InChI=1S/C18H27NO3/c1-21-16-12-11-15(13-17(16)22-2)19-18(20)10-6-9-14-7-4-3-5-8-14/h11-14H,3-10H2,1-2H3,(H,19,20). The van der Waals surface area contributed by atoms with Crippen molar-refractivity contribution in [2.45, 2.75) is 51.4 Å². The fraction of sp³-hybridized carbons (Fsp3) is 0.611. The van der Waals surface area contributed by atoms with E-state index in [4.69, 9.17) is 9.47 Å². The second-order valence-electron chi connectivity index (χ2n) is 6.01. The Hall–Kier alpha value is -1.71. The van der Waals surface area contributed by atoms with E-state index in [0.29, 0.717) is 17.9 Å². The zero-order chi connectivity index (χ0) is 15.8. The second kappa shape index (κ2) is 8.66. The monoisotopic (exact) mass is 305 g/mol. The quantitative estimate of drug-likeness (QED) is 0.812. The van der Waals surface area contributed by atoms with Crippen LogP contribution in [0.2, 0.25) is 0 Å². The van der Waals surface area contributed by atoms with E-state index < -0.39 is 0 Å². The fourth-order valence-corrected chi connectivity index (χ4v) is 3.16. The van der Waals surface area contributed by atoms with Gasteiger partial charge in [0.2, 0.25) is 5.91 Å². The van der Waals surface area contributed by atoms with Gasteiger partial charge in [0.1, 0.15) is 0 Å². The molecule has 2 rings (SSSR count). The molecule has 0 heterocycles. The van der Waals surface area contributed by atoms with E-state index in [1.54, 1.807) is 26.4 Å². The summed E-state index contributed by atoms with van der Waals surface area (Å²) in [6.07, 6.45) is 9.55. The topological polar surface area (TPSA) is 47.6 Å². The van der Waals surface area contributed by atoms with Gasteiger partial charge in [-0.3, -0.25) is 4.79 Å². The summed E-state index contributed by atoms with van der Waals surface area (Å²) >= 11 is 0. The molecule has 1 aromatic rings. The average Bonchev–Trinajstić information content (AvgIpc) is 2.55. The van der Waals surface area contributed by atoms with Crippen molar-refractivity contribution in [3.05, 3.63) is 18.2 Å². The van der Waals surface area contributed by atoms with Crippen LogP contribution in [0.4, 0.5) is 5.69 Å². The van der Waals surface area contributed by atoms with E-state index in [9.17, 15) is 4.79 Å². The van der Waals surface area contributed by atoms with Crippen LogP contribution in [0.15, 0.2) is 18.2 Å². The maximum absolute atomic E-state index is 12.0. The first-order valence-corrected chi connectivity index (χ1v) is 8.25. The maximum atomic E-state index is 12.0. The smallest absolute Gasteiger partial charge is 0.224 e. The first kappa shape index (κ1) is 16.7. The number of carbonyl (C=O) groups excluding carboxylic acids is 1. The highest BCUT2D eigenvalue weighted by molar-refractivity contribution is 5.91. The van der Waals surface area contributed by atoms with Crippen LogP contribution in [0, 0.1) is 5.92 Å². The molecule has 1 aliphatic rings. The number of ether oxygens (including phenoxy) is 2. The number of hydrogen-bond acceptors (Lipinski definition) is 3. The van der Waals surface area contributed by atoms with Crippen LogP contribution in [-0.2, 0) is 4.79 Å². The number of nitrogens with one attached hydrogen (secondary N) is 1. The number of benzene rings is 1. The molecule has 1 amide bonds. The summed E-state index contributed by atoms with van der Waals surface area (Å²) in [5.74, 6) is 2.20. The first-order chi connectivity index (χ1) is 10.7. The van der Waals surface area contributed by atoms with Gasteiger partial charge < -0.3 is 14.8 Å². The number of carbonyl (C=O) groups is 1. The number of methoxy groups -OCH3 is 2. The van der Waals surface area contributed by atoms with Gasteiger partial charge in [-0.05, 0) is 30.9 Å². The molecule has 22 heavy (non-hydrogen) atoms. The van der Waals surface area contributed by atoms with Crippen LogP contribution >= 0.6 is 0 Å². The molecule has 0 unspecified atom stereocenters. The van der Waals surface area contributed by atoms with Crippen molar-refractivity contribution in [2.24, 2.45) is 5.92 Å². The molecule has 1 N–H and O–H groups in total. The van der Waals surface area contributed by atoms with Gasteiger partial charge in [0.25, 0.3) is 0 Å². The SMILES string of the molecule is COc1ccc(NC(=O)CCCC2CCCCC2)cc1OC. The van der Waals surface area contributed by atoms with E-state index in [1.807, 2.05) is 6.07 Å². The number of rotatable bonds is 7. The molecule has 0 radical (unpaired) electrons. The predicted octanol–water partition coefficient (Wildman–Crippen LogP) is 4.39. The Balaban J connectivity index is 1.76. The van der Waals surface area contributed by atoms with Crippen LogP contribution in [-0.4, -0.2) is 20.1 Å². The summed E-state index contributed by atoms with van der Waals surface area (Å²) in [4.78, 5) is 12.0. The lowest BCUT2D eigenvalue weighted by atomic mass is 9.86. The van der Waals surface area contributed by atoms with Crippen LogP contribution in [0.3, 0.4) is 0 Å². The van der Waals surface area contributed by atoms with Crippen molar-refractivity contribution >= 4 is 11.6 Å². The number of hydrogen-bond donors (Lipinski definition) is 1. The highest BCUT2D eigenvalue weighted by Crippen LogP contribution is 2.30. The van der Waals surface area contributed by atoms with Crippen molar-refractivity contribution in [3.63, 3.8) is 0 Å². The summed E-state index contributed by atoms with van der Waals surface area (Å²) in [6.45, 7) is 0. The average molecular weight is 305 g/mol. The largest absolute Gasteiger partial charge is 0.493 e. The van der Waals surface area contributed by atoms with E-state index in [-0.39, 0.29) is 5.91 Å². The Morgan fingerprint density at radius 3 is 2.55 bits per heavy atom. The molecule has 1 aromatic carbocycles. The Morgan fingerprint density at radius 2 is 1.86 bits per heavy atom. The van der Waals surface area contributed by atoms with E-state index in [0.717, 1.165) is 18.0 Å².